The second kappa shape index (κ2) is 15.5. The van der Waals surface area contributed by atoms with E-state index in [1.807, 2.05) is 59.6 Å². The number of methoxy groups -OCH3 is 1. The molecule has 5 heterocycles. The largest absolute Gasteiger partial charge is 0.481 e. The van der Waals surface area contributed by atoms with Gasteiger partial charge in [0.2, 0.25) is 17.7 Å². The fourth-order valence-corrected chi connectivity index (χ4v) is 7.54. The summed E-state index contributed by atoms with van der Waals surface area (Å²) in [6.07, 6.45) is 4.71. The SMILES string of the molecule is COc1nc(-c2cccc(-c3cccc(-c4cc5c(=O)n(C)c(CNCCN6CCCC6=O)nn5c4)c3Cl)c2Cl)ccc1CNC[C@@H]1CCC(=O)N1. The zero-order valence-corrected chi connectivity index (χ0v) is 30.6. The van der Waals surface area contributed by atoms with Crippen molar-refractivity contribution in [3.8, 4) is 39.4 Å². The average Bonchev–Trinajstić information content (AvgIpc) is 3.89. The topological polar surface area (TPSA) is 135 Å². The van der Waals surface area contributed by atoms with Gasteiger partial charge in [-0.3, -0.25) is 19.0 Å². The van der Waals surface area contributed by atoms with Crippen molar-refractivity contribution in [3.63, 3.8) is 0 Å². The number of aromatic nitrogens is 4. The van der Waals surface area contributed by atoms with E-state index in [4.69, 9.17) is 38.0 Å². The van der Waals surface area contributed by atoms with E-state index in [-0.39, 0.29) is 23.4 Å². The number of rotatable bonds is 13. The maximum atomic E-state index is 13.4. The van der Waals surface area contributed by atoms with Crippen molar-refractivity contribution >= 4 is 40.5 Å². The van der Waals surface area contributed by atoms with Crippen molar-refractivity contribution in [2.24, 2.45) is 7.05 Å². The summed E-state index contributed by atoms with van der Waals surface area (Å²) >= 11 is 14.2. The van der Waals surface area contributed by atoms with Gasteiger partial charge in [-0.1, -0.05) is 65.7 Å². The van der Waals surface area contributed by atoms with Crippen molar-refractivity contribution in [1.82, 2.24) is 40.0 Å². The first-order valence-electron chi connectivity index (χ1n) is 17.4. The fraction of sp³-hybridized carbons (Fsp3) is 0.342. The monoisotopic (exact) mass is 742 g/mol. The Morgan fingerprint density at radius 3 is 2.40 bits per heavy atom. The Bertz CT molecular complexity index is 2220. The van der Waals surface area contributed by atoms with Gasteiger partial charge in [0.15, 0.2) is 0 Å². The smallest absolute Gasteiger partial charge is 0.277 e. The van der Waals surface area contributed by atoms with Crippen LogP contribution in [0.4, 0.5) is 0 Å². The summed E-state index contributed by atoms with van der Waals surface area (Å²) in [6.45, 7) is 3.61. The van der Waals surface area contributed by atoms with Crippen molar-refractivity contribution in [2.45, 2.75) is 44.8 Å². The molecule has 1 atom stereocenters. The zero-order valence-electron chi connectivity index (χ0n) is 29.0. The maximum Gasteiger partial charge on any atom is 0.277 e. The predicted molar refractivity (Wildman–Crippen MR) is 202 cm³/mol. The molecule has 270 valence electrons. The molecule has 2 aromatic carbocycles. The standard InChI is InChI=1S/C38H40Cl2N8O4/c1-46-32(21-41-15-17-47-16-5-10-34(47)50)45-48-22-24(18-31(48)38(46)51)26-6-3-7-27(35(26)39)28-8-4-9-29(36(28)40)30-13-11-23(37(44-30)52-2)19-42-20-25-12-14-33(49)43-25/h3-4,6-9,11,13,18,22,25,41-42H,5,10,12,14-17,19-21H2,1-2H3,(H,43,49)/t25-/m0/s1. The van der Waals surface area contributed by atoms with Gasteiger partial charge in [0.25, 0.3) is 5.56 Å². The third-order valence-corrected chi connectivity index (χ3v) is 10.6. The number of pyridine rings is 1. The number of benzene rings is 2. The van der Waals surface area contributed by atoms with Crippen LogP contribution in [0.2, 0.25) is 10.0 Å². The van der Waals surface area contributed by atoms with Gasteiger partial charge in [-0.15, -0.1) is 0 Å². The van der Waals surface area contributed by atoms with E-state index in [0.717, 1.165) is 52.8 Å². The third kappa shape index (κ3) is 7.29. The van der Waals surface area contributed by atoms with Crippen LogP contribution in [-0.4, -0.2) is 75.2 Å². The fourth-order valence-electron chi connectivity index (χ4n) is 6.87. The highest BCUT2D eigenvalue weighted by Crippen LogP contribution is 2.42. The molecule has 12 nitrogen and oxygen atoms in total. The molecule has 5 aromatic rings. The molecule has 2 aliphatic heterocycles. The lowest BCUT2D eigenvalue weighted by Crippen LogP contribution is -2.35. The van der Waals surface area contributed by atoms with Gasteiger partial charge in [-0.05, 0) is 25.0 Å². The van der Waals surface area contributed by atoms with Crippen molar-refractivity contribution in [2.75, 3.05) is 33.3 Å². The van der Waals surface area contributed by atoms with Crippen LogP contribution in [0.3, 0.4) is 0 Å². The number of fused-ring (bicyclic) bond motifs is 1. The molecule has 2 aliphatic rings. The Kier molecular flexibility index (Phi) is 10.6. The molecule has 2 fully saturated rings. The minimum absolute atomic E-state index is 0.0911. The lowest BCUT2D eigenvalue weighted by atomic mass is 9.97. The van der Waals surface area contributed by atoms with Crippen LogP contribution >= 0.6 is 23.2 Å². The van der Waals surface area contributed by atoms with E-state index >= 15 is 0 Å². The second-order valence-electron chi connectivity index (χ2n) is 13.1. The summed E-state index contributed by atoms with van der Waals surface area (Å²) in [5.74, 6) is 1.34. The summed E-state index contributed by atoms with van der Waals surface area (Å²) in [5.41, 5.74) is 5.46. The van der Waals surface area contributed by atoms with Gasteiger partial charge in [0.1, 0.15) is 11.3 Å². The molecule has 0 unspecified atom stereocenters. The second-order valence-corrected chi connectivity index (χ2v) is 13.9. The first-order valence-corrected chi connectivity index (χ1v) is 18.2. The maximum absolute atomic E-state index is 13.4. The summed E-state index contributed by atoms with van der Waals surface area (Å²) in [6, 6.07) is 17.3. The number of carbonyl (C=O) groups is 2. The summed E-state index contributed by atoms with van der Waals surface area (Å²) < 4.78 is 8.79. The van der Waals surface area contributed by atoms with Gasteiger partial charge >= 0.3 is 0 Å². The minimum atomic E-state index is -0.178. The molecule has 2 amide bonds. The van der Waals surface area contributed by atoms with Gasteiger partial charge < -0.3 is 25.6 Å². The molecule has 3 N–H and O–H groups in total. The Balaban J connectivity index is 1.11. The number of hydrogen-bond donors (Lipinski definition) is 3. The molecular weight excluding hydrogens is 703 g/mol. The molecule has 7 rings (SSSR count). The Hall–Kier alpha value is -4.75. The number of amides is 2. The molecule has 0 spiro atoms. The first kappa shape index (κ1) is 35.6. The lowest BCUT2D eigenvalue weighted by molar-refractivity contribution is -0.127. The van der Waals surface area contributed by atoms with Crippen molar-refractivity contribution in [1.29, 1.82) is 0 Å². The van der Waals surface area contributed by atoms with Gasteiger partial charge in [0.05, 0.1) is 29.4 Å². The van der Waals surface area contributed by atoms with Crippen LogP contribution in [0.5, 0.6) is 5.88 Å². The predicted octanol–water partition coefficient (Wildman–Crippen LogP) is 4.82. The highest BCUT2D eigenvalue weighted by Gasteiger charge is 2.22. The first-order chi connectivity index (χ1) is 25.2. The van der Waals surface area contributed by atoms with E-state index in [0.29, 0.717) is 78.5 Å². The van der Waals surface area contributed by atoms with Crippen LogP contribution in [-0.2, 0) is 29.7 Å². The number of ether oxygens (including phenoxy) is 1. The lowest BCUT2D eigenvalue weighted by Gasteiger charge is -2.16. The highest BCUT2D eigenvalue weighted by atomic mass is 35.5. The van der Waals surface area contributed by atoms with Gasteiger partial charge in [-0.2, -0.15) is 5.10 Å². The zero-order chi connectivity index (χ0) is 36.4. The average molecular weight is 744 g/mol. The van der Waals surface area contributed by atoms with Gasteiger partial charge in [0, 0.05) is 98.2 Å². The van der Waals surface area contributed by atoms with Crippen LogP contribution < -0.4 is 26.2 Å². The number of hydrogen-bond acceptors (Lipinski definition) is 8. The molecular formula is C38H40Cl2N8O4. The van der Waals surface area contributed by atoms with E-state index in [2.05, 4.69) is 16.0 Å². The van der Waals surface area contributed by atoms with Crippen LogP contribution in [0, 0.1) is 0 Å². The van der Waals surface area contributed by atoms with E-state index < -0.39 is 0 Å². The quantitative estimate of drug-likeness (QED) is 0.146. The van der Waals surface area contributed by atoms with E-state index in [9.17, 15) is 14.4 Å². The normalized spacial score (nSPS) is 15.9. The van der Waals surface area contributed by atoms with Gasteiger partial charge in [-0.25, -0.2) is 9.50 Å². The molecule has 0 bridgehead atoms. The molecule has 0 aliphatic carbocycles. The van der Waals surface area contributed by atoms with Crippen LogP contribution in [0.15, 0.2) is 65.6 Å². The van der Waals surface area contributed by atoms with Crippen LogP contribution in [0.1, 0.15) is 37.1 Å². The Labute approximate surface area is 311 Å². The molecule has 0 radical (unpaired) electrons. The summed E-state index contributed by atoms with van der Waals surface area (Å²) in [7, 11) is 3.30. The number of likely N-dealkylation sites (tertiary alicyclic amines) is 1. The van der Waals surface area contributed by atoms with Crippen molar-refractivity contribution in [3.05, 3.63) is 92.6 Å². The Morgan fingerprint density at radius 1 is 0.942 bits per heavy atom. The highest BCUT2D eigenvalue weighted by molar-refractivity contribution is 6.39. The molecule has 52 heavy (non-hydrogen) atoms. The molecule has 0 saturated carbocycles. The summed E-state index contributed by atoms with van der Waals surface area (Å²) in [4.78, 5) is 43.5. The third-order valence-electron chi connectivity index (χ3n) is 9.75. The molecule has 2 saturated heterocycles. The number of carbonyl (C=O) groups excluding carboxylic acids is 2. The number of halogens is 2. The molecule has 14 heteroatoms. The Morgan fingerprint density at radius 2 is 1.69 bits per heavy atom. The number of nitrogens with zero attached hydrogens (tertiary/aromatic N) is 5. The minimum Gasteiger partial charge on any atom is -0.481 e. The van der Waals surface area contributed by atoms with E-state index in [1.54, 1.807) is 29.3 Å². The van der Waals surface area contributed by atoms with Crippen molar-refractivity contribution < 1.29 is 14.3 Å². The summed E-state index contributed by atoms with van der Waals surface area (Å²) in [5, 5.41) is 15.4. The van der Waals surface area contributed by atoms with E-state index in [1.165, 1.54) is 0 Å². The number of nitrogens with one attached hydrogen (secondary N) is 3. The molecule has 3 aromatic heterocycles. The van der Waals surface area contributed by atoms with Crippen LogP contribution in [0.25, 0.3) is 39.0 Å².